The number of aromatic nitrogens is 2. The molecule has 0 atom stereocenters. The predicted octanol–water partition coefficient (Wildman–Crippen LogP) is 3.16. The Balaban J connectivity index is 2.10. The van der Waals surface area contributed by atoms with E-state index in [0.29, 0.717) is 17.2 Å². The second kappa shape index (κ2) is 7.31. The van der Waals surface area contributed by atoms with Gasteiger partial charge in [0, 0.05) is 37.5 Å². The van der Waals surface area contributed by atoms with Gasteiger partial charge in [0.15, 0.2) is 5.69 Å². The van der Waals surface area contributed by atoms with Gasteiger partial charge in [0.25, 0.3) is 5.56 Å². The van der Waals surface area contributed by atoms with E-state index in [1.807, 2.05) is 49.5 Å². The topological polar surface area (TPSA) is 57.8 Å². The van der Waals surface area contributed by atoms with E-state index in [-0.39, 0.29) is 5.56 Å². The molecule has 26 heavy (non-hydrogen) atoms. The van der Waals surface area contributed by atoms with Crippen molar-refractivity contribution in [3.8, 4) is 22.8 Å². The molecule has 0 aliphatic heterocycles. The summed E-state index contributed by atoms with van der Waals surface area (Å²) in [6, 6.07) is 15.2. The number of nitrogens with zero attached hydrogens (tertiary/aromatic N) is 3. The lowest BCUT2D eigenvalue weighted by atomic mass is 10.1. The maximum Gasteiger partial charge on any atom is 0.292 e. The average Bonchev–Trinajstić information content (AvgIpc) is 2.90. The molecule has 2 aromatic carbocycles. The fourth-order valence-corrected chi connectivity index (χ4v) is 2.79. The Kier molecular flexibility index (Phi) is 4.93. The van der Waals surface area contributed by atoms with Crippen molar-refractivity contribution in [3.63, 3.8) is 0 Å². The van der Waals surface area contributed by atoms with Crippen molar-refractivity contribution in [2.75, 3.05) is 14.2 Å². The molecular formula is C20H21N3O3. The van der Waals surface area contributed by atoms with E-state index in [9.17, 15) is 4.79 Å². The highest BCUT2D eigenvalue weighted by Crippen LogP contribution is 2.28. The van der Waals surface area contributed by atoms with Gasteiger partial charge in [0.2, 0.25) is 0 Å². The molecule has 0 spiro atoms. The Morgan fingerprint density at radius 2 is 1.69 bits per heavy atom. The predicted molar refractivity (Wildman–Crippen MR) is 103 cm³/mol. The summed E-state index contributed by atoms with van der Waals surface area (Å²) in [5.41, 5.74) is 2.69. The summed E-state index contributed by atoms with van der Waals surface area (Å²) >= 11 is 0. The second-order valence-corrected chi connectivity index (χ2v) is 5.78. The first-order valence-corrected chi connectivity index (χ1v) is 8.14. The lowest BCUT2D eigenvalue weighted by molar-refractivity contribution is 0.394. The van der Waals surface area contributed by atoms with Crippen LogP contribution >= 0.6 is 0 Å². The molecule has 0 amide bonds. The van der Waals surface area contributed by atoms with Crippen LogP contribution in [0.4, 0.5) is 5.69 Å². The van der Waals surface area contributed by atoms with Crippen LogP contribution in [0, 0.1) is 0 Å². The zero-order valence-corrected chi connectivity index (χ0v) is 15.3. The van der Waals surface area contributed by atoms with E-state index in [2.05, 4.69) is 4.99 Å². The SMILES string of the molecule is COc1ccc(C=Nc2c(-c3ccccc3)n(C)n(C)c2=O)c(OC)c1. The molecule has 3 aromatic rings. The molecule has 0 aliphatic rings. The highest BCUT2D eigenvalue weighted by Gasteiger charge is 2.16. The van der Waals surface area contributed by atoms with Gasteiger partial charge in [-0.25, -0.2) is 4.99 Å². The molecule has 0 N–H and O–H groups in total. The third-order valence-corrected chi connectivity index (χ3v) is 4.32. The number of hydrogen-bond acceptors (Lipinski definition) is 4. The molecule has 134 valence electrons. The summed E-state index contributed by atoms with van der Waals surface area (Å²) in [7, 11) is 6.75. The summed E-state index contributed by atoms with van der Waals surface area (Å²) in [6.45, 7) is 0. The van der Waals surface area contributed by atoms with E-state index >= 15 is 0 Å². The molecule has 1 aromatic heterocycles. The average molecular weight is 351 g/mol. The van der Waals surface area contributed by atoms with Crippen LogP contribution in [0.5, 0.6) is 11.5 Å². The van der Waals surface area contributed by atoms with E-state index in [4.69, 9.17) is 9.47 Å². The van der Waals surface area contributed by atoms with Gasteiger partial charge in [-0.05, 0) is 12.1 Å². The minimum atomic E-state index is -0.157. The number of aliphatic imine (C=N–C) groups is 1. The van der Waals surface area contributed by atoms with Crippen LogP contribution in [-0.2, 0) is 14.1 Å². The van der Waals surface area contributed by atoms with Crippen LogP contribution < -0.4 is 15.0 Å². The molecular weight excluding hydrogens is 330 g/mol. The zero-order valence-electron chi connectivity index (χ0n) is 15.3. The van der Waals surface area contributed by atoms with Crippen molar-refractivity contribution in [3.05, 3.63) is 64.4 Å². The largest absolute Gasteiger partial charge is 0.497 e. The molecule has 0 aliphatic carbocycles. The molecule has 3 rings (SSSR count). The number of hydrogen-bond donors (Lipinski definition) is 0. The highest BCUT2D eigenvalue weighted by molar-refractivity contribution is 5.87. The quantitative estimate of drug-likeness (QED) is 0.664. The lowest BCUT2D eigenvalue weighted by Gasteiger charge is -2.07. The molecule has 0 radical (unpaired) electrons. The number of rotatable bonds is 5. The Bertz CT molecular complexity index is 1000. The Labute approximate surface area is 151 Å². The number of benzene rings is 2. The lowest BCUT2D eigenvalue weighted by Crippen LogP contribution is -2.16. The minimum absolute atomic E-state index is 0.157. The molecule has 0 bridgehead atoms. The van der Waals surface area contributed by atoms with Crippen molar-refractivity contribution < 1.29 is 9.47 Å². The summed E-state index contributed by atoms with van der Waals surface area (Å²) in [4.78, 5) is 17.1. The van der Waals surface area contributed by atoms with E-state index in [1.165, 1.54) is 0 Å². The van der Waals surface area contributed by atoms with Crippen LogP contribution in [0.15, 0.2) is 58.3 Å². The van der Waals surface area contributed by atoms with Gasteiger partial charge in [-0.15, -0.1) is 0 Å². The van der Waals surface area contributed by atoms with Crippen LogP contribution in [-0.4, -0.2) is 29.8 Å². The molecule has 6 heteroatoms. The van der Waals surface area contributed by atoms with E-state index < -0.39 is 0 Å². The Hall–Kier alpha value is -3.28. The van der Waals surface area contributed by atoms with Crippen LogP contribution in [0.2, 0.25) is 0 Å². The molecule has 0 fully saturated rings. The maximum absolute atomic E-state index is 12.6. The monoisotopic (exact) mass is 351 g/mol. The van der Waals surface area contributed by atoms with Gasteiger partial charge >= 0.3 is 0 Å². The minimum Gasteiger partial charge on any atom is -0.497 e. The Morgan fingerprint density at radius 3 is 2.35 bits per heavy atom. The third-order valence-electron chi connectivity index (χ3n) is 4.32. The fraction of sp³-hybridized carbons (Fsp3) is 0.200. The van der Waals surface area contributed by atoms with Crippen molar-refractivity contribution in [2.45, 2.75) is 0 Å². The van der Waals surface area contributed by atoms with Gasteiger partial charge < -0.3 is 9.47 Å². The van der Waals surface area contributed by atoms with Crippen LogP contribution in [0.1, 0.15) is 5.56 Å². The molecule has 0 saturated carbocycles. The van der Waals surface area contributed by atoms with Crippen molar-refractivity contribution in [1.82, 2.24) is 9.36 Å². The van der Waals surface area contributed by atoms with Gasteiger partial charge in [0.1, 0.15) is 11.5 Å². The van der Waals surface area contributed by atoms with Crippen LogP contribution in [0.25, 0.3) is 11.3 Å². The summed E-state index contributed by atoms with van der Waals surface area (Å²) < 4.78 is 13.9. The normalized spacial score (nSPS) is 11.1. The summed E-state index contributed by atoms with van der Waals surface area (Å²) in [5, 5.41) is 0. The smallest absolute Gasteiger partial charge is 0.292 e. The van der Waals surface area contributed by atoms with Gasteiger partial charge in [-0.2, -0.15) is 0 Å². The van der Waals surface area contributed by atoms with Gasteiger partial charge in [0.05, 0.1) is 19.9 Å². The standard InChI is InChI=1S/C20H21N3O3/c1-22-19(14-8-6-5-7-9-14)18(20(24)23(22)2)21-13-15-10-11-16(25-3)12-17(15)26-4/h5-13H,1-4H3. The molecule has 1 heterocycles. The zero-order chi connectivity index (χ0) is 18.7. The fourth-order valence-electron chi connectivity index (χ4n) is 2.79. The van der Waals surface area contributed by atoms with Crippen LogP contribution in [0.3, 0.4) is 0 Å². The highest BCUT2D eigenvalue weighted by atomic mass is 16.5. The first-order valence-electron chi connectivity index (χ1n) is 8.14. The van der Waals surface area contributed by atoms with Crippen molar-refractivity contribution >= 4 is 11.9 Å². The Morgan fingerprint density at radius 1 is 0.962 bits per heavy atom. The maximum atomic E-state index is 12.6. The molecule has 0 saturated heterocycles. The van der Waals surface area contributed by atoms with E-state index in [1.54, 1.807) is 42.9 Å². The molecule has 6 nitrogen and oxygen atoms in total. The van der Waals surface area contributed by atoms with Crippen molar-refractivity contribution in [2.24, 2.45) is 19.1 Å². The second-order valence-electron chi connectivity index (χ2n) is 5.78. The summed E-state index contributed by atoms with van der Waals surface area (Å²) in [5.74, 6) is 1.32. The number of ether oxygens (including phenoxy) is 2. The van der Waals surface area contributed by atoms with Crippen molar-refractivity contribution in [1.29, 1.82) is 0 Å². The van der Waals surface area contributed by atoms with Gasteiger partial charge in [-0.1, -0.05) is 30.3 Å². The first kappa shape index (κ1) is 17.5. The molecule has 0 unspecified atom stereocenters. The number of methoxy groups -OCH3 is 2. The summed E-state index contributed by atoms with van der Waals surface area (Å²) in [6.07, 6.45) is 1.64. The first-order chi connectivity index (χ1) is 12.6. The van der Waals surface area contributed by atoms with Gasteiger partial charge in [-0.3, -0.25) is 14.2 Å². The van der Waals surface area contributed by atoms with E-state index in [0.717, 1.165) is 16.8 Å². The third kappa shape index (κ3) is 3.13.